The molecule has 0 amide bonds. The van der Waals surface area contributed by atoms with E-state index in [-0.39, 0.29) is 80.1 Å². The maximum Gasteiger partial charge on any atom is 0.416 e. The van der Waals surface area contributed by atoms with Gasteiger partial charge in [0.1, 0.15) is 0 Å². The molecule has 104 heavy (non-hydrogen) atoms. The van der Waals surface area contributed by atoms with Gasteiger partial charge < -0.3 is 22.9 Å². The van der Waals surface area contributed by atoms with Crippen molar-refractivity contribution in [3.05, 3.63) is 274 Å². The van der Waals surface area contributed by atoms with E-state index in [0.29, 0.717) is 57.5 Å². The first-order valence-electron chi connectivity index (χ1n) is 34.5. The molecule has 0 spiro atoms. The Hall–Kier alpha value is -8.38. The topological polar surface area (TPSA) is 219 Å². The average molecular weight is 1500 g/mol. The van der Waals surface area contributed by atoms with Crippen LogP contribution in [0, 0.1) is 6.92 Å². The molecule has 18 heteroatoms. The number of halogens is 5. The summed E-state index contributed by atoms with van der Waals surface area (Å²) in [4.78, 5) is 50.6. The number of anilines is 4. The number of Topliss-reactive ketones (excluding diaryl/α,β-unsaturated/α-hetero) is 4. The van der Waals surface area contributed by atoms with E-state index in [4.69, 9.17) is 46.1 Å². The fourth-order valence-electron chi connectivity index (χ4n) is 10.7. The first-order chi connectivity index (χ1) is 48.0. The van der Waals surface area contributed by atoms with Crippen molar-refractivity contribution < 1.29 is 40.8 Å². The van der Waals surface area contributed by atoms with E-state index < -0.39 is 21.8 Å². The summed E-state index contributed by atoms with van der Waals surface area (Å²) in [6.45, 7) is 34.9. The number of nitrogens with two attached hydrogens (primary N) is 4. The van der Waals surface area contributed by atoms with Crippen LogP contribution in [0.1, 0.15) is 231 Å². The number of rotatable bonds is 17. The van der Waals surface area contributed by atoms with Gasteiger partial charge in [0, 0.05) is 80.2 Å². The molecule has 0 aliphatic heterocycles. The standard InChI is InChI=1S/C20H22F3NO.C19H22ClNO.C19H23NO.C18H22ClNO2S.C10H15NOS/c1-19(2,3)15-10-14(11-16(24)12-15)18(25)9-8-13-6-4-5-7-17(13)20(21,22)23;1-19(2,3)15-10-14(11-16(21)12-15)18(22)9-8-13-6-4-5-7-17(13)20;1-19(2,3)16-11-15(12-17(20)13-16)18(21)10-9-14-7-5-4-6-8-14;1-13-9-15(18(2,3)4)11-16(10-13)23(21,22)20-12-14-7-5-6-8-17(14)19;1-6(12)8-5-7(11)9(13-8)10(2,3)4/h4-7,10-12H,8-9,24H2,1-3H3;4-7,10-12H,8-9,21H2,1-3H3;4-8,11-13H,9-10,20H2,1-3H3;5-11,20H,12H2,1-4H3;5H,11H2,1-4H3. The van der Waals surface area contributed by atoms with E-state index in [9.17, 15) is 40.8 Å². The van der Waals surface area contributed by atoms with Crippen LogP contribution in [0.25, 0.3) is 0 Å². The Balaban J connectivity index is 0.000000236. The SMILES string of the molecule is CC(=O)c1cc(N)c(C(C)(C)C)s1.CC(C)(C)c1cc(N)cc(C(=O)CCc2ccccc2)c1.CC(C)(C)c1cc(N)cc(C(=O)CCc2ccccc2C(F)(F)F)c1.CC(C)(C)c1cc(N)cc(C(=O)CCc2ccccc2Cl)c1.Cc1cc(C(C)(C)C)cc(S(=O)(=O)NCc2ccccc2Cl)c1. The van der Waals surface area contributed by atoms with Gasteiger partial charge in [0.05, 0.1) is 15.3 Å². The molecule has 0 atom stereocenters. The minimum Gasteiger partial charge on any atom is -0.399 e. The molecule has 556 valence electrons. The zero-order chi connectivity index (χ0) is 78.1. The van der Waals surface area contributed by atoms with Gasteiger partial charge in [-0.3, -0.25) is 19.2 Å². The van der Waals surface area contributed by atoms with Crippen LogP contribution in [-0.4, -0.2) is 31.6 Å². The van der Waals surface area contributed by atoms with Crippen molar-refractivity contribution in [2.45, 2.75) is 201 Å². The Labute approximate surface area is 629 Å². The zero-order valence-electron chi connectivity index (χ0n) is 63.2. The molecule has 0 aliphatic rings. The van der Waals surface area contributed by atoms with Crippen molar-refractivity contribution in [3.63, 3.8) is 0 Å². The number of carbonyl (C=O) groups is 4. The van der Waals surface area contributed by atoms with Gasteiger partial charge in [0.15, 0.2) is 23.1 Å². The van der Waals surface area contributed by atoms with Gasteiger partial charge in [-0.25, -0.2) is 13.1 Å². The molecule has 9 rings (SSSR count). The quantitative estimate of drug-likeness (QED) is 0.0429. The number of hydrogen-bond donors (Lipinski definition) is 5. The van der Waals surface area contributed by atoms with Crippen LogP contribution in [0.2, 0.25) is 10.0 Å². The first kappa shape index (κ1) is 86.3. The largest absolute Gasteiger partial charge is 0.416 e. The summed E-state index contributed by atoms with van der Waals surface area (Å²) in [5.74, 6) is 0.122. The second kappa shape index (κ2) is 36.6. The monoisotopic (exact) mass is 1490 g/mol. The number of benzene rings is 8. The predicted octanol–water partition coefficient (Wildman–Crippen LogP) is 22.1. The van der Waals surface area contributed by atoms with Crippen molar-refractivity contribution >= 4 is 90.4 Å². The molecule has 9 N–H and O–H groups in total. The summed E-state index contributed by atoms with van der Waals surface area (Å²) < 4.78 is 66.9. The van der Waals surface area contributed by atoms with E-state index in [1.54, 1.807) is 61.5 Å². The molecular weight excluding hydrogens is 1390 g/mol. The molecule has 0 unspecified atom stereocenters. The molecule has 1 heterocycles. The summed E-state index contributed by atoms with van der Waals surface area (Å²) in [5, 5.41) is 1.26. The van der Waals surface area contributed by atoms with Crippen LogP contribution in [0.3, 0.4) is 0 Å². The molecule has 0 bridgehead atoms. The number of thiophene rings is 1. The Morgan fingerprint density at radius 2 is 0.817 bits per heavy atom. The molecular formula is C86H104Cl2F3N5O6S2. The fourth-order valence-corrected chi connectivity index (χ4v) is 13.3. The number of nitrogens with one attached hydrogen (secondary N) is 1. The van der Waals surface area contributed by atoms with Crippen LogP contribution in [0.4, 0.5) is 35.9 Å². The Kier molecular flexibility index (Phi) is 30.3. The summed E-state index contributed by atoms with van der Waals surface area (Å²) >= 11 is 13.7. The smallest absolute Gasteiger partial charge is 0.399 e. The van der Waals surface area contributed by atoms with E-state index in [2.05, 4.69) is 87.8 Å². The van der Waals surface area contributed by atoms with Gasteiger partial charge in [-0.05, 0) is 201 Å². The minimum atomic E-state index is -4.42. The van der Waals surface area contributed by atoms with E-state index in [0.717, 1.165) is 72.4 Å². The second-order valence-electron chi connectivity index (χ2n) is 31.2. The van der Waals surface area contributed by atoms with Crippen molar-refractivity contribution in [3.8, 4) is 0 Å². The number of hydrogen-bond acceptors (Lipinski definition) is 11. The van der Waals surface area contributed by atoms with Gasteiger partial charge in [-0.15, -0.1) is 11.3 Å². The first-order valence-corrected chi connectivity index (χ1v) is 37.6. The van der Waals surface area contributed by atoms with Gasteiger partial charge in [-0.1, -0.05) is 218 Å². The van der Waals surface area contributed by atoms with E-state index >= 15 is 0 Å². The maximum absolute atomic E-state index is 13.0. The number of alkyl halides is 3. The lowest BCUT2D eigenvalue weighted by Gasteiger charge is -2.21. The molecule has 0 saturated carbocycles. The van der Waals surface area contributed by atoms with E-state index in [1.165, 1.54) is 29.0 Å². The summed E-state index contributed by atoms with van der Waals surface area (Å²) in [6, 6.07) is 54.0. The van der Waals surface area contributed by atoms with Crippen LogP contribution < -0.4 is 27.7 Å². The Morgan fingerprint density at radius 3 is 1.20 bits per heavy atom. The highest BCUT2D eigenvalue weighted by Gasteiger charge is 2.33. The third-order valence-corrected chi connectivity index (χ3v) is 20.7. The molecule has 0 saturated heterocycles. The number of carbonyl (C=O) groups excluding carboxylic acids is 4. The summed E-state index contributed by atoms with van der Waals surface area (Å²) in [5.41, 5.74) is 35.0. The third kappa shape index (κ3) is 27.3. The predicted molar refractivity (Wildman–Crippen MR) is 429 cm³/mol. The van der Waals surface area contributed by atoms with Crippen LogP contribution >= 0.6 is 34.5 Å². The van der Waals surface area contributed by atoms with Crippen molar-refractivity contribution in [2.24, 2.45) is 0 Å². The molecule has 9 aromatic rings. The number of sulfonamides is 1. The Bertz CT molecular complexity index is 4550. The third-order valence-electron chi connectivity index (χ3n) is 16.9. The number of nitrogen functional groups attached to an aromatic ring is 4. The highest BCUT2D eigenvalue weighted by Crippen LogP contribution is 2.37. The molecule has 0 radical (unpaired) electrons. The molecule has 0 fully saturated rings. The molecule has 0 aliphatic carbocycles. The lowest BCUT2D eigenvalue weighted by atomic mass is 9.85. The van der Waals surface area contributed by atoms with E-state index in [1.807, 2.05) is 137 Å². The number of ketones is 4. The zero-order valence-corrected chi connectivity index (χ0v) is 66.4. The van der Waals surface area contributed by atoms with Crippen molar-refractivity contribution in [1.29, 1.82) is 0 Å². The summed E-state index contributed by atoms with van der Waals surface area (Å²) in [7, 11) is -3.59. The van der Waals surface area contributed by atoms with Gasteiger partial charge in [0.2, 0.25) is 10.0 Å². The van der Waals surface area contributed by atoms with Crippen molar-refractivity contribution in [1.82, 2.24) is 4.72 Å². The molecule has 1 aromatic heterocycles. The molecule has 11 nitrogen and oxygen atoms in total. The Morgan fingerprint density at radius 1 is 0.442 bits per heavy atom. The van der Waals surface area contributed by atoms with Gasteiger partial charge in [-0.2, -0.15) is 13.2 Å². The fraction of sp³-hybridized carbons (Fsp3) is 0.349. The lowest BCUT2D eigenvalue weighted by molar-refractivity contribution is -0.138. The lowest BCUT2D eigenvalue weighted by Crippen LogP contribution is -2.24. The average Bonchev–Trinajstić information content (AvgIpc) is 1.22. The van der Waals surface area contributed by atoms with Crippen LogP contribution in [-0.2, 0) is 69.1 Å². The van der Waals surface area contributed by atoms with Crippen LogP contribution in [0.15, 0.2) is 187 Å². The maximum atomic E-state index is 13.0. The van der Waals surface area contributed by atoms with Gasteiger partial charge in [0.25, 0.3) is 0 Å². The van der Waals surface area contributed by atoms with Crippen molar-refractivity contribution in [2.75, 3.05) is 22.9 Å². The highest BCUT2D eigenvalue weighted by atomic mass is 35.5. The number of aryl methyl sites for hydroxylation is 4. The normalized spacial score (nSPS) is 11.9. The van der Waals surface area contributed by atoms with Gasteiger partial charge >= 0.3 is 6.18 Å². The minimum absolute atomic E-state index is 0.000128. The molecule has 8 aromatic carbocycles. The summed E-state index contributed by atoms with van der Waals surface area (Å²) in [6.07, 6.45) is -2.05. The highest BCUT2D eigenvalue weighted by molar-refractivity contribution is 7.89. The van der Waals surface area contributed by atoms with Crippen LogP contribution in [0.5, 0.6) is 0 Å². The second-order valence-corrected chi connectivity index (χ2v) is 34.8.